The number of nitrogens with one attached hydrogen (secondary N) is 1. The summed E-state index contributed by atoms with van der Waals surface area (Å²) < 4.78 is 0. The van der Waals surface area contributed by atoms with Crippen LogP contribution in [-0.4, -0.2) is 55.6 Å². The second-order valence-electron chi connectivity index (χ2n) is 4.98. The molecule has 16 heavy (non-hydrogen) atoms. The lowest BCUT2D eigenvalue weighted by atomic mass is 9.99. The Morgan fingerprint density at radius 1 is 1.56 bits per heavy atom. The summed E-state index contributed by atoms with van der Waals surface area (Å²) >= 11 is 0. The Labute approximate surface area is 99.0 Å². The van der Waals surface area contributed by atoms with E-state index in [4.69, 9.17) is 0 Å². The van der Waals surface area contributed by atoms with Crippen LogP contribution in [0.15, 0.2) is 0 Å². The highest BCUT2D eigenvalue weighted by molar-refractivity contribution is 5.84. The number of carbonyl (C=O) groups excluding carboxylic acids is 1. The fourth-order valence-electron chi connectivity index (χ4n) is 2.02. The van der Waals surface area contributed by atoms with Crippen molar-refractivity contribution < 1.29 is 4.79 Å². The fourth-order valence-corrected chi connectivity index (χ4v) is 2.02. The minimum Gasteiger partial charge on any atom is -0.328 e. The molecule has 2 atom stereocenters. The molecule has 0 spiro atoms. The van der Waals surface area contributed by atoms with E-state index in [1.54, 1.807) is 0 Å². The Kier molecular flexibility index (Phi) is 5.22. The van der Waals surface area contributed by atoms with Crippen molar-refractivity contribution in [3.8, 4) is 0 Å². The van der Waals surface area contributed by atoms with Crippen molar-refractivity contribution in [3.05, 3.63) is 0 Å². The molecule has 0 saturated carbocycles. The first-order valence-electron chi connectivity index (χ1n) is 6.23. The molecule has 1 amide bonds. The molecule has 0 aromatic carbocycles. The molecule has 0 aliphatic carbocycles. The van der Waals surface area contributed by atoms with Crippen molar-refractivity contribution in [2.45, 2.75) is 32.7 Å². The van der Waals surface area contributed by atoms with Crippen molar-refractivity contribution in [1.82, 2.24) is 15.1 Å². The average molecular weight is 227 g/mol. The SMILES string of the molecule is CCC(C)C1NCN(CCCN(C)C)C1=O. The third-order valence-electron chi connectivity index (χ3n) is 3.33. The van der Waals surface area contributed by atoms with E-state index in [1.165, 1.54) is 0 Å². The van der Waals surface area contributed by atoms with Crippen LogP contribution >= 0.6 is 0 Å². The first-order valence-corrected chi connectivity index (χ1v) is 6.23. The van der Waals surface area contributed by atoms with E-state index in [0.717, 1.165) is 32.6 Å². The highest BCUT2D eigenvalue weighted by Gasteiger charge is 2.33. The van der Waals surface area contributed by atoms with E-state index in [2.05, 4.69) is 38.2 Å². The van der Waals surface area contributed by atoms with Crippen LogP contribution in [0.1, 0.15) is 26.7 Å². The number of carbonyl (C=O) groups is 1. The highest BCUT2D eigenvalue weighted by Crippen LogP contribution is 2.15. The molecule has 4 heteroatoms. The van der Waals surface area contributed by atoms with Crippen molar-refractivity contribution in [2.24, 2.45) is 5.92 Å². The summed E-state index contributed by atoms with van der Waals surface area (Å²) in [4.78, 5) is 16.1. The Hall–Kier alpha value is -0.610. The molecular weight excluding hydrogens is 202 g/mol. The smallest absolute Gasteiger partial charge is 0.241 e. The van der Waals surface area contributed by atoms with Gasteiger partial charge in [0.25, 0.3) is 0 Å². The van der Waals surface area contributed by atoms with E-state index in [0.29, 0.717) is 5.92 Å². The molecule has 1 fully saturated rings. The van der Waals surface area contributed by atoms with Gasteiger partial charge in [-0.2, -0.15) is 0 Å². The lowest BCUT2D eigenvalue weighted by Crippen LogP contribution is -2.36. The number of hydrogen-bond donors (Lipinski definition) is 1. The van der Waals surface area contributed by atoms with Gasteiger partial charge in [-0.05, 0) is 33.0 Å². The van der Waals surface area contributed by atoms with Gasteiger partial charge in [0, 0.05) is 6.54 Å². The summed E-state index contributed by atoms with van der Waals surface area (Å²) in [5.41, 5.74) is 0. The zero-order chi connectivity index (χ0) is 12.1. The second-order valence-corrected chi connectivity index (χ2v) is 4.98. The Morgan fingerprint density at radius 3 is 2.81 bits per heavy atom. The minimum absolute atomic E-state index is 0.0457. The van der Waals surface area contributed by atoms with Crippen LogP contribution < -0.4 is 5.32 Å². The van der Waals surface area contributed by atoms with Gasteiger partial charge < -0.3 is 9.80 Å². The molecule has 1 rings (SSSR count). The zero-order valence-electron chi connectivity index (χ0n) is 11.0. The van der Waals surface area contributed by atoms with Crippen LogP contribution in [0.4, 0.5) is 0 Å². The van der Waals surface area contributed by atoms with Gasteiger partial charge in [-0.3, -0.25) is 10.1 Å². The molecule has 1 aliphatic rings. The van der Waals surface area contributed by atoms with E-state index < -0.39 is 0 Å². The zero-order valence-corrected chi connectivity index (χ0v) is 11.0. The van der Waals surface area contributed by atoms with Crippen molar-refractivity contribution in [3.63, 3.8) is 0 Å². The quantitative estimate of drug-likeness (QED) is 0.727. The second kappa shape index (κ2) is 6.21. The maximum absolute atomic E-state index is 12.0. The van der Waals surface area contributed by atoms with Gasteiger partial charge in [-0.1, -0.05) is 20.3 Å². The van der Waals surface area contributed by atoms with Crippen LogP contribution in [0.5, 0.6) is 0 Å². The van der Waals surface area contributed by atoms with Crippen molar-refractivity contribution in [2.75, 3.05) is 33.9 Å². The van der Waals surface area contributed by atoms with Crippen LogP contribution in [0.3, 0.4) is 0 Å². The Bertz CT molecular complexity index is 230. The molecule has 0 bridgehead atoms. The predicted molar refractivity (Wildman–Crippen MR) is 66.1 cm³/mol. The third kappa shape index (κ3) is 3.46. The predicted octanol–water partition coefficient (Wildman–Crippen LogP) is 0.742. The third-order valence-corrected chi connectivity index (χ3v) is 3.33. The van der Waals surface area contributed by atoms with Crippen LogP contribution in [0.25, 0.3) is 0 Å². The van der Waals surface area contributed by atoms with Gasteiger partial charge in [0.1, 0.15) is 0 Å². The summed E-state index contributed by atoms with van der Waals surface area (Å²) in [5.74, 6) is 0.722. The molecule has 2 unspecified atom stereocenters. The van der Waals surface area contributed by atoms with E-state index in [9.17, 15) is 4.79 Å². The number of hydrogen-bond acceptors (Lipinski definition) is 3. The van der Waals surface area contributed by atoms with Gasteiger partial charge in [-0.15, -0.1) is 0 Å². The summed E-state index contributed by atoms with van der Waals surface area (Å²) in [5, 5.41) is 3.31. The Balaban J connectivity index is 2.33. The van der Waals surface area contributed by atoms with Gasteiger partial charge >= 0.3 is 0 Å². The van der Waals surface area contributed by atoms with Crippen molar-refractivity contribution in [1.29, 1.82) is 0 Å². The highest BCUT2D eigenvalue weighted by atomic mass is 16.2. The fraction of sp³-hybridized carbons (Fsp3) is 0.917. The standard InChI is InChI=1S/C12H25N3O/c1-5-10(2)11-12(16)15(9-13-11)8-6-7-14(3)4/h10-11,13H,5-9H2,1-4H3. The summed E-state index contributed by atoms with van der Waals surface area (Å²) in [6, 6.07) is 0.0457. The lowest BCUT2D eigenvalue weighted by Gasteiger charge is -2.18. The van der Waals surface area contributed by atoms with Gasteiger partial charge in [0.05, 0.1) is 12.7 Å². The maximum atomic E-state index is 12.0. The molecule has 1 N–H and O–H groups in total. The molecular formula is C12H25N3O. The summed E-state index contributed by atoms with van der Waals surface area (Å²) in [6.45, 7) is 6.91. The maximum Gasteiger partial charge on any atom is 0.241 e. The normalized spacial score (nSPS) is 23.2. The van der Waals surface area contributed by atoms with Crippen LogP contribution in [0, 0.1) is 5.92 Å². The van der Waals surface area contributed by atoms with Crippen molar-refractivity contribution >= 4 is 5.91 Å². The molecule has 94 valence electrons. The van der Waals surface area contributed by atoms with E-state index >= 15 is 0 Å². The molecule has 0 radical (unpaired) electrons. The monoisotopic (exact) mass is 227 g/mol. The van der Waals surface area contributed by atoms with Gasteiger partial charge in [0.2, 0.25) is 5.91 Å². The van der Waals surface area contributed by atoms with Gasteiger partial charge in [-0.25, -0.2) is 0 Å². The van der Waals surface area contributed by atoms with Crippen LogP contribution in [0.2, 0.25) is 0 Å². The van der Waals surface area contributed by atoms with E-state index in [1.807, 2.05) is 4.90 Å². The Morgan fingerprint density at radius 2 is 2.25 bits per heavy atom. The first kappa shape index (κ1) is 13.5. The summed E-state index contributed by atoms with van der Waals surface area (Å²) in [6.07, 6.45) is 2.10. The van der Waals surface area contributed by atoms with Gasteiger partial charge in [0.15, 0.2) is 0 Å². The molecule has 1 heterocycles. The van der Waals surface area contributed by atoms with Crippen LogP contribution in [-0.2, 0) is 4.79 Å². The number of nitrogens with zero attached hydrogens (tertiary/aromatic N) is 2. The molecule has 1 aliphatic heterocycles. The largest absolute Gasteiger partial charge is 0.328 e. The van der Waals surface area contributed by atoms with E-state index in [-0.39, 0.29) is 11.9 Å². The topological polar surface area (TPSA) is 35.6 Å². The molecule has 4 nitrogen and oxygen atoms in total. The first-order chi connectivity index (χ1) is 7.56. The minimum atomic E-state index is 0.0457. The summed E-state index contributed by atoms with van der Waals surface area (Å²) in [7, 11) is 4.12. The molecule has 1 saturated heterocycles. The number of amides is 1. The lowest BCUT2D eigenvalue weighted by molar-refractivity contribution is -0.129. The molecule has 0 aromatic heterocycles. The molecule has 0 aromatic rings. The number of rotatable bonds is 6. The average Bonchev–Trinajstić information content (AvgIpc) is 2.59.